The van der Waals surface area contributed by atoms with Crippen molar-refractivity contribution < 1.29 is 19.3 Å². The van der Waals surface area contributed by atoms with Gasteiger partial charge in [0, 0.05) is 5.92 Å². The standard InChI is InChI=1S/C23H36O4/c1-21-10-8-18-20(27-18)17(21)4-3-14-15-5-6-19(22(15,2)9-7-16(14)21)23(13-24)25-11-12-26-23/h14-20,24H,3-13H2,1-2H3/t14-,15-,16-,17-,18+,19-,20-,21+,22-/m0/s1. The Balaban J connectivity index is 1.30. The molecule has 0 bridgehead atoms. The van der Waals surface area contributed by atoms with Crippen molar-refractivity contribution in [3.05, 3.63) is 0 Å². The molecule has 4 saturated carbocycles. The molecule has 2 aliphatic heterocycles. The van der Waals surface area contributed by atoms with Gasteiger partial charge in [-0.2, -0.15) is 0 Å². The molecule has 27 heavy (non-hydrogen) atoms. The largest absolute Gasteiger partial charge is 0.391 e. The maximum atomic E-state index is 10.2. The highest BCUT2D eigenvalue weighted by atomic mass is 16.7. The fourth-order valence-electron chi connectivity index (χ4n) is 9.19. The van der Waals surface area contributed by atoms with Gasteiger partial charge < -0.3 is 19.3 Å². The SMILES string of the molecule is C[C@]12CC[C@H]3O[C@H]3[C@@H]1CC[C@@H]1[C@@H]2CC[C@]2(C)[C@@H](C3(CO)OCCO3)CC[C@@H]12. The second-order valence-electron chi connectivity index (χ2n) is 11.1. The molecule has 0 aromatic rings. The molecular formula is C23H36O4. The second kappa shape index (κ2) is 5.71. The molecule has 1 N–H and O–H groups in total. The summed E-state index contributed by atoms with van der Waals surface area (Å²) in [5, 5.41) is 10.2. The fourth-order valence-corrected chi connectivity index (χ4v) is 9.19. The first-order valence-electron chi connectivity index (χ1n) is 11.6. The smallest absolute Gasteiger partial charge is 0.195 e. The van der Waals surface area contributed by atoms with Crippen LogP contribution in [0.5, 0.6) is 0 Å². The van der Waals surface area contributed by atoms with Crippen molar-refractivity contribution in [1.29, 1.82) is 0 Å². The third-order valence-corrected chi connectivity index (χ3v) is 10.5. The van der Waals surface area contributed by atoms with Crippen LogP contribution in [0.1, 0.15) is 65.2 Å². The van der Waals surface area contributed by atoms with Gasteiger partial charge in [-0.05, 0) is 85.9 Å². The van der Waals surface area contributed by atoms with Gasteiger partial charge >= 0.3 is 0 Å². The number of aliphatic hydroxyl groups excluding tert-OH is 1. The van der Waals surface area contributed by atoms with Crippen molar-refractivity contribution in [3.8, 4) is 0 Å². The van der Waals surface area contributed by atoms with Crippen LogP contribution in [0.25, 0.3) is 0 Å². The van der Waals surface area contributed by atoms with Crippen LogP contribution in [-0.4, -0.2) is 42.9 Å². The monoisotopic (exact) mass is 376 g/mol. The third kappa shape index (κ3) is 2.19. The summed E-state index contributed by atoms with van der Waals surface area (Å²) in [4.78, 5) is 0. The molecule has 9 atom stereocenters. The van der Waals surface area contributed by atoms with Crippen LogP contribution in [0.2, 0.25) is 0 Å². The van der Waals surface area contributed by atoms with Crippen molar-refractivity contribution in [1.82, 2.24) is 0 Å². The van der Waals surface area contributed by atoms with Crippen LogP contribution in [0.3, 0.4) is 0 Å². The molecule has 0 spiro atoms. The van der Waals surface area contributed by atoms with Gasteiger partial charge in [-0.1, -0.05) is 13.8 Å². The lowest BCUT2D eigenvalue weighted by Crippen LogP contribution is -2.56. The van der Waals surface area contributed by atoms with Crippen LogP contribution >= 0.6 is 0 Å². The fraction of sp³-hybridized carbons (Fsp3) is 1.00. The Labute approximate surface area is 163 Å². The van der Waals surface area contributed by atoms with Crippen molar-refractivity contribution >= 4 is 0 Å². The first-order valence-corrected chi connectivity index (χ1v) is 11.6. The van der Waals surface area contributed by atoms with Crippen LogP contribution in [-0.2, 0) is 14.2 Å². The first-order chi connectivity index (χ1) is 13.0. The number of ether oxygens (including phenoxy) is 3. The van der Waals surface area contributed by atoms with E-state index in [-0.39, 0.29) is 12.0 Å². The van der Waals surface area contributed by atoms with Gasteiger partial charge in [0.2, 0.25) is 0 Å². The Morgan fingerprint density at radius 2 is 1.52 bits per heavy atom. The van der Waals surface area contributed by atoms with Crippen LogP contribution < -0.4 is 0 Å². The summed E-state index contributed by atoms with van der Waals surface area (Å²) in [6.07, 6.45) is 11.7. The van der Waals surface area contributed by atoms with Crippen molar-refractivity contribution in [2.24, 2.45) is 40.4 Å². The number of hydrogen-bond acceptors (Lipinski definition) is 4. The summed E-state index contributed by atoms with van der Waals surface area (Å²) in [5.74, 6) is 2.92. The molecule has 0 unspecified atom stereocenters. The maximum absolute atomic E-state index is 10.2. The quantitative estimate of drug-likeness (QED) is 0.746. The predicted molar refractivity (Wildman–Crippen MR) is 101 cm³/mol. The summed E-state index contributed by atoms with van der Waals surface area (Å²) in [5.41, 5.74) is 0.750. The molecule has 152 valence electrons. The third-order valence-electron chi connectivity index (χ3n) is 10.5. The number of hydrogen-bond donors (Lipinski definition) is 1. The summed E-state index contributed by atoms with van der Waals surface area (Å²) >= 11 is 0. The Morgan fingerprint density at radius 3 is 2.30 bits per heavy atom. The summed E-state index contributed by atoms with van der Waals surface area (Å²) in [7, 11) is 0. The normalized spacial score (nSPS) is 58.1. The van der Waals surface area contributed by atoms with E-state index < -0.39 is 5.79 Å². The summed E-state index contributed by atoms with van der Waals surface area (Å²) in [6, 6.07) is 0. The van der Waals surface area contributed by atoms with Crippen molar-refractivity contribution in [2.75, 3.05) is 19.8 Å². The number of fused-ring (bicyclic) bond motifs is 7. The molecule has 2 heterocycles. The minimum atomic E-state index is -0.725. The Morgan fingerprint density at radius 1 is 0.815 bits per heavy atom. The minimum absolute atomic E-state index is 0.00820. The van der Waals surface area contributed by atoms with E-state index in [4.69, 9.17) is 14.2 Å². The summed E-state index contributed by atoms with van der Waals surface area (Å²) < 4.78 is 18.2. The number of aliphatic hydroxyl groups is 1. The Kier molecular flexibility index (Phi) is 3.74. The molecule has 6 fully saturated rings. The zero-order valence-electron chi connectivity index (χ0n) is 17.0. The minimum Gasteiger partial charge on any atom is -0.391 e. The highest BCUT2D eigenvalue weighted by Crippen LogP contribution is 2.70. The van der Waals surface area contributed by atoms with Gasteiger partial charge in [0.1, 0.15) is 0 Å². The van der Waals surface area contributed by atoms with E-state index in [1.165, 1.54) is 44.9 Å². The molecule has 0 aromatic carbocycles. The molecule has 6 aliphatic rings. The zero-order chi connectivity index (χ0) is 18.4. The van der Waals surface area contributed by atoms with Crippen molar-refractivity contribution in [3.63, 3.8) is 0 Å². The second-order valence-corrected chi connectivity index (χ2v) is 11.1. The molecule has 0 radical (unpaired) electrons. The van der Waals surface area contributed by atoms with E-state index in [2.05, 4.69) is 13.8 Å². The maximum Gasteiger partial charge on any atom is 0.195 e. The van der Waals surface area contributed by atoms with Gasteiger partial charge in [0.15, 0.2) is 5.79 Å². The van der Waals surface area contributed by atoms with Crippen LogP contribution in [0.4, 0.5) is 0 Å². The van der Waals surface area contributed by atoms with E-state index in [1.54, 1.807) is 0 Å². The molecule has 4 heteroatoms. The van der Waals surface area contributed by atoms with Gasteiger partial charge in [0.05, 0.1) is 32.0 Å². The van der Waals surface area contributed by atoms with Gasteiger partial charge in [-0.3, -0.25) is 0 Å². The van der Waals surface area contributed by atoms with Crippen molar-refractivity contribution in [2.45, 2.75) is 83.2 Å². The van der Waals surface area contributed by atoms with E-state index in [0.717, 1.165) is 30.1 Å². The average Bonchev–Trinajstić information content (AvgIpc) is 3.13. The lowest BCUT2D eigenvalue weighted by molar-refractivity contribution is -0.246. The molecule has 0 amide bonds. The Hall–Kier alpha value is -0.160. The molecular weight excluding hydrogens is 340 g/mol. The average molecular weight is 377 g/mol. The van der Waals surface area contributed by atoms with E-state index >= 15 is 0 Å². The number of epoxide rings is 1. The van der Waals surface area contributed by atoms with Crippen LogP contribution in [0, 0.1) is 40.4 Å². The first kappa shape index (κ1) is 17.7. The predicted octanol–water partition coefficient (Wildman–Crippen LogP) is 3.76. The number of rotatable bonds is 2. The van der Waals surface area contributed by atoms with E-state index in [0.29, 0.717) is 36.8 Å². The Bertz CT molecular complexity index is 615. The van der Waals surface area contributed by atoms with Gasteiger partial charge in [-0.15, -0.1) is 0 Å². The van der Waals surface area contributed by atoms with E-state index in [1.807, 2.05) is 0 Å². The highest BCUT2D eigenvalue weighted by molar-refractivity contribution is 5.14. The zero-order valence-corrected chi connectivity index (χ0v) is 17.0. The molecule has 2 saturated heterocycles. The molecule has 0 aromatic heterocycles. The summed E-state index contributed by atoms with van der Waals surface area (Å²) in [6.45, 7) is 6.38. The molecule has 6 rings (SSSR count). The topological polar surface area (TPSA) is 51.2 Å². The van der Waals surface area contributed by atoms with Crippen LogP contribution in [0.15, 0.2) is 0 Å². The lowest BCUT2D eigenvalue weighted by atomic mass is 9.44. The van der Waals surface area contributed by atoms with Gasteiger partial charge in [-0.25, -0.2) is 0 Å². The van der Waals surface area contributed by atoms with Gasteiger partial charge in [0.25, 0.3) is 0 Å². The van der Waals surface area contributed by atoms with E-state index in [9.17, 15) is 5.11 Å². The molecule has 4 aliphatic carbocycles. The lowest BCUT2D eigenvalue weighted by Gasteiger charge is -2.60. The molecule has 4 nitrogen and oxygen atoms in total. The highest BCUT2D eigenvalue weighted by Gasteiger charge is 2.67.